The quantitative estimate of drug-likeness (QED) is 0.860. The number of nitrogens with zero attached hydrogens (tertiary/aromatic N) is 1. The van der Waals surface area contributed by atoms with Gasteiger partial charge in [-0.25, -0.2) is 0 Å². The molecule has 1 fully saturated rings. The van der Waals surface area contributed by atoms with E-state index in [0.717, 1.165) is 31.5 Å². The monoisotopic (exact) mass is 359 g/mol. The van der Waals surface area contributed by atoms with Gasteiger partial charge in [0.2, 0.25) is 0 Å². The SMILES string of the molecule is O=C(NCC1CCCNC1)c1ccc(=O)n(Cc2ccccc2Cl)c1. The van der Waals surface area contributed by atoms with Crippen LogP contribution >= 0.6 is 11.6 Å². The predicted molar refractivity (Wildman–Crippen MR) is 99.2 cm³/mol. The number of piperidine rings is 1. The molecular formula is C19H22ClN3O2. The first kappa shape index (κ1) is 17.7. The zero-order valence-corrected chi connectivity index (χ0v) is 14.8. The number of amides is 1. The van der Waals surface area contributed by atoms with E-state index in [4.69, 9.17) is 11.6 Å². The first-order chi connectivity index (χ1) is 12.1. The van der Waals surface area contributed by atoms with E-state index < -0.39 is 0 Å². The van der Waals surface area contributed by atoms with Crippen LogP contribution in [0.1, 0.15) is 28.8 Å². The van der Waals surface area contributed by atoms with Crippen LogP contribution in [0.3, 0.4) is 0 Å². The molecule has 5 nitrogen and oxygen atoms in total. The van der Waals surface area contributed by atoms with Gasteiger partial charge in [-0.1, -0.05) is 29.8 Å². The van der Waals surface area contributed by atoms with E-state index in [9.17, 15) is 9.59 Å². The van der Waals surface area contributed by atoms with Crippen LogP contribution in [0.2, 0.25) is 5.02 Å². The molecule has 0 aliphatic carbocycles. The minimum Gasteiger partial charge on any atom is -0.352 e. The van der Waals surface area contributed by atoms with E-state index in [0.29, 0.717) is 29.6 Å². The third-order valence-electron chi connectivity index (χ3n) is 4.49. The first-order valence-corrected chi connectivity index (χ1v) is 8.94. The Labute approximate surface area is 152 Å². The predicted octanol–water partition coefficient (Wildman–Crippen LogP) is 2.28. The number of hydrogen-bond donors (Lipinski definition) is 2. The maximum absolute atomic E-state index is 12.4. The third kappa shape index (κ3) is 4.71. The second kappa shape index (κ2) is 8.32. The van der Waals surface area contributed by atoms with Crippen molar-refractivity contribution in [1.82, 2.24) is 15.2 Å². The Bertz CT molecular complexity index is 797. The number of pyridine rings is 1. The average Bonchev–Trinajstić information content (AvgIpc) is 2.64. The molecule has 6 heteroatoms. The van der Waals surface area contributed by atoms with Gasteiger partial charge in [0.05, 0.1) is 12.1 Å². The molecule has 1 aliphatic rings. The van der Waals surface area contributed by atoms with Crippen molar-refractivity contribution in [2.75, 3.05) is 19.6 Å². The third-order valence-corrected chi connectivity index (χ3v) is 4.86. The number of carbonyl (C=O) groups is 1. The number of rotatable bonds is 5. The van der Waals surface area contributed by atoms with E-state index >= 15 is 0 Å². The smallest absolute Gasteiger partial charge is 0.252 e. The fourth-order valence-corrected chi connectivity index (χ4v) is 3.23. The summed E-state index contributed by atoms with van der Waals surface area (Å²) in [5.74, 6) is 0.310. The van der Waals surface area contributed by atoms with Gasteiger partial charge in [-0.15, -0.1) is 0 Å². The Morgan fingerprint density at radius 2 is 2.12 bits per heavy atom. The van der Waals surface area contributed by atoms with Crippen LogP contribution in [0.5, 0.6) is 0 Å². The average molecular weight is 360 g/mol. The normalized spacial score (nSPS) is 17.2. The zero-order valence-electron chi connectivity index (χ0n) is 14.0. The Balaban J connectivity index is 1.69. The summed E-state index contributed by atoms with van der Waals surface area (Å²) < 4.78 is 1.51. The number of nitrogens with one attached hydrogen (secondary N) is 2. The molecule has 1 aliphatic heterocycles. The molecule has 1 aromatic heterocycles. The number of carbonyl (C=O) groups excluding carboxylic acids is 1. The molecule has 0 radical (unpaired) electrons. The summed E-state index contributed by atoms with van der Waals surface area (Å²) in [7, 11) is 0. The molecule has 25 heavy (non-hydrogen) atoms. The van der Waals surface area contributed by atoms with Crippen molar-refractivity contribution in [1.29, 1.82) is 0 Å². The summed E-state index contributed by atoms with van der Waals surface area (Å²) in [5, 5.41) is 6.91. The molecule has 0 saturated carbocycles. The molecule has 1 aromatic carbocycles. The van der Waals surface area contributed by atoms with Crippen LogP contribution in [-0.4, -0.2) is 30.1 Å². The molecule has 132 valence electrons. The molecule has 1 saturated heterocycles. The lowest BCUT2D eigenvalue weighted by atomic mass is 10.00. The standard InChI is InChI=1S/C19H22ClN3O2/c20-17-6-2-1-5-15(17)12-23-13-16(7-8-18(23)24)19(25)22-11-14-4-3-9-21-10-14/h1-2,5-8,13-14,21H,3-4,9-12H2,(H,22,25). The van der Waals surface area contributed by atoms with Gasteiger partial charge in [0, 0.05) is 23.8 Å². The van der Waals surface area contributed by atoms with Crippen LogP contribution in [0, 0.1) is 5.92 Å². The van der Waals surface area contributed by atoms with Gasteiger partial charge in [0.15, 0.2) is 0 Å². The van der Waals surface area contributed by atoms with Gasteiger partial charge in [-0.3, -0.25) is 9.59 Å². The summed E-state index contributed by atoms with van der Waals surface area (Å²) in [6.45, 7) is 2.98. The summed E-state index contributed by atoms with van der Waals surface area (Å²) in [5.41, 5.74) is 1.17. The lowest BCUT2D eigenvalue weighted by Gasteiger charge is -2.22. The van der Waals surface area contributed by atoms with Crippen LogP contribution < -0.4 is 16.2 Å². The number of hydrogen-bond acceptors (Lipinski definition) is 3. The molecule has 0 spiro atoms. The second-order valence-corrected chi connectivity index (χ2v) is 6.80. The van der Waals surface area contributed by atoms with Gasteiger partial charge in [-0.05, 0) is 49.5 Å². The number of aromatic nitrogens is 1. The zero-order chi connectivity index (χ0) is 17.6. The van der Waals surface area contributed by atoms with Crippen molar-refractivity contribution in [3.63, 3.8) is 0 Å². The second-order valence-electron chi connectivity index (χ2n) is 6.40. The van der Waals surface area contributed by atoms with Crippen LogP contribution in [0.15, 0.2) is 47.4 Å². The highest BCUT2D eigenvalue weighted by Gasteiger charge is 2.15. The lowest BCUT2D eigenvalue weighted by molar-refractivity contribution is 0.0944. The minimum absolute atomic E-state index is 0.154. The molecule has 2 heterocycles. The van der Waals surface area contributed by atoms with Crippen LogP contribution in [0.4, 0.5) is 0 Å². The highest BCUT2D eigenvalue weighted by Crippen LogP contribution is 2.15. The highest BCUT2D eigenvalue weighted by atomic mass is 35.5. The molecule has 1 amide bonds. The van der Waals surface area contributed by atoms with Crippen molar-refractivity contribution in [3.05, 3.63) is 69.1 Å². The highest BCUT2D eigenvalue weighted by molar-refractivity contribution is 6.31. The summed E-state index contributed by atoms with van der Waals surface area (Å²) in [4.78, 5) is 24.5. The van der Waals surface area contributed by atoms with Gasteiger partial charge >= 0.3 is 0 Å². The Kier molecular flexibility index (Phi) is 5.89. The van der Waals surface area contributed by atoms with E-state index in [1.807, 2.05) is 18.2 Å². The van der Waals surface area contributed by atoms with Crippen molar-refractivity contribution in [2.24, 2.45) is 5.92 Å². The molecule has 1 atom stereocenters. The Hall–Kier alpha value is -2.11. The minimum atomic E-state index is -0.159. The van der Waals surface area contributed by atoms with Crippen LogP contribution in [0.25, 0.3) is 0 Å². The maximum Gasteiger partial charge on any atom is 0.252 e. The Morgan fingerprint density at radius 1 is 1.28 bits per heavy atom. The van der Waals surface area contributed by atoms with Crippen molar-refractivity contribution < 1.29 is 4.79 Å². The summed E-state index contributed by atoms with van der Waals surface area (Å²) >= 11 is 6.16. The van der Waals surface area contributed by atoms with Crippen molar-refractivity contribution >= 4 is 17.5 Å². The summed E-state index contributed by atoms with van der Waals surface area (Å²) in [6, 6.07) is 10.4. The molecular weight excluding hydrogens is 338 g/mol. The molecule has 1 unspecified atom stereocenters. The number of benzene rings is 1. The van der Waals surface area contributed by atoms with Crippen LogP contribution in [-0.2, 0) is 6.54 Å². The largest absolute Gasteiger partial charge is 0.352 e. The molecule has 0 bridgehead atoms. The maximum atomic E-state index is 12.4. The summed E-state index contributed by atoms with van der Waals surface area (Å²) in [6.07, 6.45) is 3.86. The van der Waals surface area contributed by atoms with E-state index in [-0.39, 0.29) is 11.5 Å². The molecule has 3 rings (SSSR count). The van der Waals surface area contributed by atoms with Gasteiger partial charge < -0.3 is 15.2 Å². The fourth-order valence-electron chi connectivity index (χ4n) is 3.04. The fraction of sp³-hybridized carbons (Fsp3) is 0.368. The number of halogens is 1. The van der Waals surface area contributed by atoms with Gasteiger partial charge in [-0.2, -0.15) is 0 Å². The van der Waals surface area contributed by atoms with E-state index in [1.165, 1.54) is 10.6 Å². The van der Waals surface area contributed by atoms with Crippen molar-refractivity contribution in [2.45, 2.75) is 19.4 Å². The molecule has 2 aromatic rings. The first-order valence-electron chi connectivity index (χ1n) is 8.56. The van der Waals surface area contributed by atoms with Gasteiger partial charge in [0.25, 0.3) is 11.5 Å². The topological polar surface area (TPSA) is 63.1 Å². The van der Waals surface area contributed by atoms with Crippen molar-refractivity contribution in [3.8, 4) is 0 Å². The molecule has 2 N–H and O–H groups in total. The lowest BCUT2D eigenvalue weighted by Crippen LogP contribution is -2.38. The van der Waals surface area contributed by atoms with E-state index in [2.05, 4.69) is 10.6 Å². The van der Waals surface area contributed by atoms with E-state index in [1.54, 1.807) is 18.3 Å². The van der Waals surface area contributed by atoms with Gasteiger partial charge in [0.1, 0.15) is 0 Å². The Morgan fingerprint density at radius 3 is 2.88 bits per heavy atom.